The van der Waals surface area contributed by atoms with Crippen LogP contribution in [0.5, 0.6) is 0 Å². The minimum Gasteiger partial charge on any atom is -0.462 e. The number of aliphatic hydroxyl groups excluding tert-OH is 1. The van der Waals surface area contributed by atoms with Crippen molar-refractivity contribution < 1.29 is 80.2 Å². The molecule has 0 saturated carbocycles. The van der Waals surface area contributed by atoms with Gasteiger partial charge in [-0.05, 0) is 49.4 Å². The maximum Gasteiger partial charge on any atom is 0.472 e. The summed E-state index contributed by atoms with van der Waals surface area (Å²) in [4.78, 5) is 73.0. The smallest absolute Gasteiger partial charge is 0.462 e. The van der Waals surface area contributed by atoms with Crippen molar-refractivity contribution in [3.63, 3.8) is 0 Å². The predicted molar refractivity (Wildman–Crippen MR) is 404 cm³/mol. The van der Waals surface area contributed by atoms with Gasteiger partial charge in [0.1, 0.15) is 19.3 Å². The Bertz CT molecular complexity index is 1940. The van der Waals surface area contributed by atoms with Gasteiger partial charge in [0.15, 0.2) is 12.2 Å². The molecule has 0 amide bonds. The molecule has 588 valence electrons. The summed E-state index contributed by atoms with van der Waals surface area (Å²) >= 11 is 0. The predicted octanol–water partition coefficient (Wildman–Crippen LogP) is 23.6. The van der Waals surface area contributed by atoms with E-state index < -0.39 is 97.5 Å². The lowest BCUT2D eigenvalue weighted by Crippen LogP contribution is -2.30. The lowest BCUT2D eigenvalue weighted by Gasteiger charge is -2.21. The van der Waals surface area contributed by atoms with Crippen molar-refractivity contribution in [3.05, 3.63) is 0 Å². The first-order valence-corrected chi connectivity index (χ1v) is 44.3. The molecule has 0 heterocycles. The molecule has 0 aromatic carbocycles. The Morgan fingerprint density at radius 2 is 0.485 bits per heavy atom. The Labute approximate surface area is 607 Å². The van der Waals surface area contributed by atoms with E-state index in [2.05, 4.69) is 55.4 Å². The van der Waals surface area contributed by atoms with Gasteiger partial charge in [-0.25, -0.2) is 9.13 Å². The number of esters is 4. The highest BCUT2D eigenvalue weighted by Gasteiger charge is 2.30. The molecule has 0 aromatic rings. The van der Waals surface area contributed by atoms with Gasteiger partial charge in [-0.15, -0.1) is 0 Å². The zero-order valence-corrected chi connectivity index (χ0v) is 66.9. The topological polar surface area (TPSA) is 237 Å². The summed E-state index contributed by atoms with van der Waals surface area (Å²) in [6.45, 7) is 14.3. The van der Waals surface area contributed by atoms with Crippen molar-refractivity contribution in [1.29, 1.82) is 0 Å². The van der Waals surface area contributed by atoms with Crippen molar-refractivity contribution >= 4 is 39.5 Å². The lowest BCUT2D eigenvalue weighted by atomic mass is 9.99. The maximum atomic E-state index is 13.1. The molecule has 0 aromatic heterocycles. The molecule has 0 aliphatic rings. The Balaban J connectivity index is 5.25. The van der Waals surface area contributed by atoms with E-state index in [-0.39, 0.29) is 25.7 Å². The average molecular weight is 1450 g/mol. The minimum absolute atomic E-state index is 0.106. The molecule has 7 atom stereocenters. The van der Waals surface area contributed by atoms with E-state index in [4.69, 9.17) is 37.0 Å². The number of hydrogen-bond acceptors (Lipinski definition) is 15. The molecular formula is C80H156O17P2. The highest BCUT2D eigenvalue weighted by molar-refractivity contribution is 7.47. The van der Waals surface area contributed by atoms with Crippen LogP contribution < -0.4 is 0 Å². The molecule has 19 heteroatoms. The first-order chi connectivity index (χ1) is 47.7. The number of aliphatic hydroxyl groups is 1. The van der Waals surface area contributed by atoms with E-state index in [0.29, 0.717) is 25.7 Å². The number of phosphoric acid groups is 2. The van der Waals surface area contributed by atoms with E-state index in [1.807, 2.05) is 0 Å². The second-order valence-corrected chi connectivity index (χ2v) is 33.1. The monoisotopic (exact) mass is 1450 g/mol. The van der Waals surface area contributed by atoms with Crippen LogP contribution in [0.4, 0.5) is 0 Å². The third-order valence-electron chi connectivity index (χ3n) is 19.3. The largest absolute Gasteiger partial charge is 0.472 e. The summed E-state index contributed by atoms with van der Waals surface area (Å²) in [6.07, 6.45) is 55.4. The fraction of sp³-hybridized carbons (Fsp3) is 0.950. The second kappa shape index (κ2) is 69.1. The highest BCUT2D eigenvalue weighted by atomic mass is 31.2. The van der Waals surface area contributed by atoms with E-state index in [1.54, 1.807) is 0 Å². The molecule has 0 aliphatic heterocycles. The fourth-order valence-corrected chi connectivity index (χ4v) is 13.8. The summed E-state index contributed by atoms with van der Waals surface area (Å²) in [7, 11) is -9.92. The maximum absolute atomic E-state index is 13.1. The van der Waals surface area contributed by atoms with Gasteiger partial charge < -0.3 is 33.8 Å². The molecule has 0 spiro atoms. The van der Waals surface area contributed by atoms with Gasteiger partial charge in [0.2, 0.25) is 0 Å². The average Bonchev–Trinajstić information content (AvgIpc) is 1.13. The minimum atomic E-state index is -4.96. The van der Waals surface area contributed by atoms with Gasteiger partial charge in [0.05, 0.1) is 26.4 Å². The summed E-state index contributed by atoms with van der Waals surface area (Å²) < 4.78 is 68.7. The number of carbonyl (C=O) groups is 4. The van der Waals surface area contributed by atoms with Gasteiger partial charge in [-0.1, -0.05) is 357 Å². The molecule has 99 heavy (non-hydrogen) atoms. The third-order valence-corrected chi connectivity index (χ3v) is 21.2. The normalized spacial score (nSPS) is 14.6. The van der Waals surface area contributed by atoms with Crippen LogP contribution in [-0.4, -0.2) is 96.7 Å². The van der Waals surface area contributed by atoms with Gasteiger partial charge >= 0.3 is 39.5 Å². The molecule has 17 nitrogen and oxygen atoms in total. The first kappa shape index (κ1) is 97.1. The number of unbranched alkanes of at least 4 members (excludes halogenated alkanes) is 41. The molecular weight excluding hydrogens is 1290 g/mol. The van der Waals surface area contributed by atoms with Crippen molar-refractivity contribution in [2.45, 2.75) is 427 Å². The molecule has 0 saturated heterocycles. The van der Waals surface area contributed by atoms with Crippen molar-refractivity contribution in [2.75, 3.05) is 39.6 Å². The molecule has 0 radical (unpaired) electrons. The highest BCUT2D eigenvalue weighted by Crippen LogP contribution is 2.45. The van der Waals surface area contributed by atoms with Crippen LogP contribution in [0.2, 0.25) is 0 Å². The van der Waals surface area contributed by atoms with Gasteiger partial charge in [0, 0.05) is 25.7 Å². The van der Waals surface area contributed by atoms with Crippen LogP contribution in [0.25, 0.3) is 0 Å². The van der Waals surface area contributed by atoms with Crippen LogP contribution in [0.3, 0.4) is 0 Å². The molecule has 0 aliphatic carbocycles. The Morgan fingerprint density at radius 1 is 0.283 bits per heavy atom. The fourth-order valence-electron chi connectivity index (χ4n) is 12.2. The zero-order chi connectivity index (χ0) is 73.1. The molecule has 0 bridgehead atoms. The van der Waals surface area contributed by atoms with Crippen molar-refractivity contribution in [2.24, 2.45) is 23.7 Å². The van der Waals surface area contributed by atoms with Crippen LogP contribution in [0, 0.1) is 23.7 Å². The second-order valence-electron chi connectivity index (χ2n) is 30.2. The SMILES string of the molecule is CCC(C)CCCCCCCCCCCCCCCCC(=O)OC[C@H](COP(=O)(O)OC[C@@H](O)COP(=O)(O)OC[C@@H](COC(=O)CCCCCCCCC(C)CC)OC(=O)CCCCCCCCCCCCCCC(C)C)OC(=O)CCCCCCCCCCCCCCCC(C)C. The third kappa shape index (κ3) is 71.5. The lowest BCUT2D eigenvalue weighted by molar-refractivity contribution is -0.161. The van der Waals surface area contributed by atoms with Crippen LogP contribution >= 0.6 is 15.6 Å². The molecule has 0 rings (SSSR count). The van der Waals surface area contributed by atoms with Crippen molar-refractivity contribution in [3.8, 4) is 0 Å². The number of ether oxygens (including phenoxy) is 4. The zero-order valence-electron chi connectivity index (χ0n) is 65.1. The molecule has 0 fully saturated rings. The molecule has 3 N–H and O–H groups in total. The van der Waals surface area contributed by atoms with E-state index >= 15 is 0 Å². The van der Waals surface area contributed by atoms with Crippen LogP contribution in [0.1, 0.15) is 409 Å². The molecule has 4 unspecified atom stereocenters. The Morgan fingerprint density at radius 3 is 0.717 bits per heavy atom. The van der Waals surface area contributed by atoms with E-state index in [9.17, 15) is 43.2 Å². The number of hydrogen-bond donors (Lipinski definition) is 3. The number of carbonyl (C=O) groups excluding carboxylic acids is 4. The number of phosphoric ester groups is 2. The Hall–Kier alpha value is -1.94. The first-order valence-electron chi connectivity index (χ1n) is 41.3. The Kier molecular flexibility index (Phi) is 67.8. The quantitative estimate of drug-likeness (QED) is 0.0222. The summed E-state index contributed by atoms with van der Waals surface area (Å²) in [5.74, 6) is 1.03. The van der Waals surface area contributed by atoms with Crippen LogP contribution in [0.15, 0.2) is 0 Å². The standard InChI is InChI=1S/C80H156O17P2/c1-9-72(7)58-50-42-34-28-22-15-11-12-16-23-29-35-44-52-60-77(82)90-66-75(96-79(84)62-54-46-36-30-24-17-13-14-20-26-32-40-48-56-70(3)4)68-94-98(86,87)92-64-74(81)65-93-99(88,89)95-69-76(67-91-78(83)61-53-45-39-38-43-51-59-73(8)10-2)97-80(85)63-55-47-37-31-25-19-18-21-27-33-41-49-57-71(5)6/h70-76,81H,9-69H2,1-8H3,(H,86,87)(H,88,89)/t72?,73?,74-,75-,76-/m1/s1. The van der Waals surface area contributed by atoms with E-state index in [0.717, 1.165) is 120 Å². The summed E-state index contributed by atoms with van der Waals surface area (Å²) in [6, 6.07) is 0. The number of rotatable bonds is 77. The summed E-state index contributed by atoms with van der Waals surface area (Å²) in [5.41, 5.74) is 0. The summed E-state index contributed by atoms with van der Waals surface area (Å²) in [5, 5.41) is 10.6. The van der Waals surface area contributed by atoms with Gasteiger partial charge in [0.25, 0.3) is 0 Å². The van der Waals surface area contributed by atoms with Gasteiger partial charge in [-0.3, -0.25) is 37.3 Å². The van der Waals surface area contributed by atoms with Crippen LogP contribution in [-0.2, 0) is 65.4 Å². The van der Waals surface area contributed by atoms with Crippen molar-refractivity contribution in [1.82, 2.24) is 0 Å². The van der Waals surface area contributed by atoms with Gasteiger partial charge in [-0.2, -0.15) is 0 Å². The van der Waals surface area contributed by atoms with E-state index in [1.165, 1.54) is 205 Å².